The molecule has 0 radical (unpaired) electrons. The smallest absolute Gasteiger partial charge is 0.252 e. The van der Waals surface area contributed by atoms with Gasteiger partial charge in [0.15, 0.2) is 5.72 Å². The monoisotopic (exact) mass is 439 g/mol. The molecule has 4 N–H and O–H groups in total. The Labute approximate surface area is 187 Å². The summed E-state index contributed by atoms with van der Waals surface area (Å²) in [5.41, 5.74) is 1.73. The number of fused-ring (bicyclic) bond motifs is 13. The second kappa shape index (κ2) is 5.39. The van der Waals surface area contributed by atoms with Crippen molar-refractivity contribution in [1.82, 2.24) is 14.5 Å². The molecule has 8 rings (SSSR count). The number of hydrogen-bond donors (Lipinski definition) is 4. The summed E-state index contributed by atoms with van der Waals surface area (Å²) in [6.07, 6.45) is 0.474. The largest absolute Gasteiger partial charge is 0.393 e. The average Bonchev–Trinajstić information content (AvgIpc) is 3.51. The minimum Gasteiger partial charge on any atom is -0.393 e. The molecule has 1 fully saturated rings. The van der Waals surface area contributed by atoms with Crippen molar-refractivity contribution >= 4 is 49.5 Å². The Kier molecular flexibility index (Phi) is 2.95. The van der Waals surface area contributed by atoms with Gasteiger partial charge in [-0.2, -0.15) is 0 Å². The molecule has 164 valence electrons. The lowest BCUT2D eigenvalue weighted by atomic mass is 9.93. The van der Waals surface area contributed by atoms with Crippen molar-refractivity contribution < 1.29 is 20.1 Å². The number of aliphatic hydroxyl groups excluding tert-OH is 1. The zero-order valence-corrected chi connectivity index (χ0v) is 17.7. The number of carbonyl (C=O) groups excluding carboxylic acids is 1. The zero-order valence-electron chi connectivity index (χ0n) is 17.7. The standard InChI is InChI=1S/C26H21N3O4/c30-12-25(32)9-13-10-26(25,33)29-18-8-4-2-6-15(18)19-16-11-27-24(31)21(16)20-14-5-1-3-7-17(14)28(13)22(20)23(19)29/h1-8,13,30,32-33H,9-12H2,(H,27,31)/t13?,25-,26+/m0/s1. The van der Waals surface area contributed by atoms with E-state index >= 15 is 0 Å². The first-order chi connectivity index (χ1) is 16.0. The summed E-state index contributed by atoms with van der Waals surface area (Å²) >= 11 is 0. The minimum atomic E-state index is -1.70. The van der Waals surface area contributed by atoms with E-state index in [1.54, 1.807) is 0 Å². The molecular formula is C26H21N3O4. The highest BCUT2D eigenvalue weighted by Gasteiger charge is 2.61. The fourth-order valence-corrected chi connectivity index (χ4v) is 7.06. The highest BCUT2D eigenvalue weighted by atomic mass is 16.4. The second-order valence-corrected chi connectivity index (χ2v) is 9.79. The number of para-hydroxylation sites is 2. The fraction of sp³-hybridized carbons (Fsp3) is 0.269. The molecule has 33 heavy (non-hydrogen) atoms. The van der Waals surface area contributed by atoms with E-state index in [0.717, 1.165) is 49.2 Å². The quantitative estimate of drug-likeness (QED) is 0.323. The van der Waals surface area contributed by atoms with Crippen LogP contribution in [0.3, 0.4) is 0 Å². The molecule has 1 unspecified atom stereocenters. The van der Waals surface area contributed by atoms with Gasteiger partial charge in [0, 0.05) is 52.5 Å². The molecule has 3 aromatic carbocycles. The third kappa shape index (κ3) is 1.75. The molecule has 0 saturated heterocycles. The molecular weight excluding hydrogens is 418 g/mol. The summed E-state index contributed by atoms with van der Waals surface area (Å²) in [5.74, 6) is -0.0772. The number of nitrogens with one attached hydrogen (secondary N) is 1. The van der Waals surface area contributed by atoms with Crippen LogP contribution >= 0.6 is 0 Å². The zero-order chi connectivity index (χ0) is 22.3. The number of nitrogens with zero attached hydrogens (tertiary/aromatic N) is 2. The molecule has 0 spiro atoms. The topological polar surface area (TPSA) is 99.7 Å². The van der Waals surface area contributed by atoms with Gasteiger partial charge in [-0.15, -0.1) is 0 Å². The van der Waals surface area contributed by atoms with Crippen LogP contribution in [0.5, 0.6) is 0 Å². The molecule has 1 aliphatic carbocycles. The molecule has 2 aromatic heterocycles. The summed E-state index contributed by atoms with van der Waals surface area (Å²) in [4.78, 5) is 13.1. The Morgan fingerprint density at radius 2 is 1.64 bits per heavy atom. The van der Waals surface area contributed by atoms with Crippen molar-refractivity contribution in [3.05, 3.63) is 59.7 Å². The van der Waals surface area contributed by atoms with E-state index in [0.29, 0.717) is 12.1 Å². The van der Waals surface area contributed by atoms with Gasteiger partial charge in [-0.3, -0.25) is 4.79 Å². The Bertz CT molecular complexity index is 1730. The van der Waals surface area contributed by atoms with E-state index in [1.807, 2.05) is 53.1 Å². The van der Waals surface area contributed by atoms with Gasteiger partial charge < -0.3 is 29.8 Å². The molecule has 5 aromatic rings. The average molecular weight is 439 g/mol. The molecule has 2 bridgehead atoms. The maximum atomic E-state index is 13.1. The number of rotatable bonds is 1. The van der Waals surface area contributed by atoms with Gasteiger partial charge in [-0.1, -0.05) is 36.4 Å². The SMILES string of the molecule is O=C1NCc2c1c1c3ccccc3n3c1c1c2c2ccccc2n1[C@@]1(O)CC3C[C@]1(O)CO. The molecule has 7 heteroatoms. The van der Waals surface area contributed by atoms with Crippen molar-refractivity contribution in [2.75, 3.05) is 6.61 Å². The van der Waals surface area contributed by atoms with Crippen LogP contribution in [0, 0.1) is 0 Å². The van der Waals surface area contributed by atoms with Crippen LogP contribution in [-0.2, 0) is 12.3 Å². The van der Waals surface area contributed by atoms with E-state index in [2.05, 4.69) is 9.88 Å². The lowest BCUT2D eigenvalue weighted by Crippen LogP contribution is -2.54. The van der Waals surface area contributed by atoms with E-state index in [9.17, 15) is 20.1 Å². The van der Waals surface area contributed by atoms with Crippen LogP contribution in [-0.4, -0.2) is 42.6 Å². The van der Waals surface area contributed by atoms with Gasteiger partial charge >= 0.3 is 0 Å². The van der Waals surface area contributed by atoms with Gasteiger partial charge in [-0.25, -0.2) is 0 Å². The number of carbonyl (C=O) groups is 1. The van der Waals surface area contributed by atoms with Gasteiger partial charge in [-0.05, 0) is 17.7 Å². The Morgan fingerprint density at radius 3 is 2.39 bits per heavy atom. The summed E-state index contributed by atoms with van der Waals surface area (Å²) in [7, 11) is 0. The number of aromatic nitrogens is 2. The maximum Gasteiger partial charge on any atom is 0.252 e. The summed E-state index contributed by atoms with van der Waals surface area (Å²) in [6.45, 7) is -0.128. The molecule has 1 saturated carbocycles. The highest BCUT2D eigenvalue weighted by molar-refractivity contribution is 6.31. The molecule has 3 aliphatic rings. The van der Waals surface area contributed by atoms with Gasteiger partial charge in [0.1, 0.15) is 5.60 Å². The van der Waals surface area contributed by atoms with Crippen molar-refractivity contribution in [2.45, 2.75) is 36.8 Å². The Morgan fingerprint density at radius 1 is 0.939 bits per heavy atom. The number of benzene rings is 3. The second-order valence-electron chi connectivity index (χ2n) is 9.79. The minimum absolute atomic E-state index is 0.0772. The maximum absolute atomic E-state index is 13.1. The first kappa shape index (κ1) is 18.1. The third-order valence-corrected chi connectivity index (χ3v) is 8.35. The first-order valence-electron chi connectivity index (χ1n) is 11.3. The van der Waals surface area contributed by atoms with Crippen molar-refractivity contribution in [3.8, 4) is 0 Å². The Hall–Kier alpha value is -3.39. The number of aliphatic hydroxyl groups is 3. The summed E-state index contributed by atoms with van der Waals surface area (Å²) in [5, 5.41) is 40.9. The molecule has 4 heterocycles. The lowest BCUT2D eigenvalue weighted by Gasteiger charge is -2.39. The van der Waals surface area contributed by atoms with E-state index < -0.39 is 17.9 Å². The third-order valence-electron chi connectivity index (χ3n) is 8.35. The highest BCUT2D eigenvalue weighted by Crippen LogP contribution is 2.57. The van der Waals surface area contributed by atoms with Gasteiger partial charge in [0.25, 0.3) is 5.91 Å². The van der Waals surface area contributed by atoms with Crippen LogP contribution < -0.4 is 5.32 Å². The molecule has 7 nitrogen and oxygen atoms in total. The lowest BCUT2D eigenvalue weighted by molar-refractivity contribution is -0.194. The normalized spacial score (nSPS) is 27.8. The van der Waals surface area contributed by atoms with E-state index in [-0.39, 0.29) is 24.8 Å². The molecule has 3 atom stereocenters. The van der Waals surface area contributed by atoms with Crippen LogP contribution in [0.4, 0.5) is 0 Å². The Balaban J connectivity index is 1.78. The summed E-state index contributed by atoms with van der Waals surface area (Å²) in [6, 6.07) is 15.6. The van der Waals surface area contributed by atoms with Crippen LogP contribution in [0.15, 0.2) is 48.5 Å². The first-order valence-corrected chi connectivity index (χ1v) is 11.3. The predicted octanol–water partition coefficient (Wildman–Crippen LogP) is 2.86. The van der Waals surface area contributed by atoms with Crippen LogP contribution in [0.25, 0.3) is 43.6 Å². The molecule has 2 aliphatic heterocycles. The van der Waals surface area contributed by atoms with Gasteiger partial charge in [0.2, 0.25) is 0 Å². The number of amides is 1. The van der Waals surface area contributed by atoms with Crippen molar-refractivity contribution in [2.24, 2.45) is 0 Å². The van der Waals surface area contributed by atoms with Crippen LogP contribution in [0.1, 0.15) is 34.8 Å². The van der Waals surface area contributed by atoms with E-state index in [4.69, 9.17) is 0 Å². The van der Waals surface area contributed by atoms with Crippen molar-refractivity contribution in [1.29, 1.82) is 0 Å². The number of hydrogen-bond acceptors (Lipinski definition) is 4. The summed E-state index contributed by atoms with van der Waals surface area (Å²) < 4.78 is 4.04. The van der Waals surface area contributed by atoms with Crippen LogP contribution in [0.2, 0.25) is 0 Å². The predicted molar refractivity (Wildman–Crippen MR) is 124 cm³/mol. The van der Waals surface area contributed by atoms with Gasteiger partial charge in [0.05, 0.1) is 28.7 Å². The fourth-order valence-electron chi connectivity index (χ4n) is 7.06. The van der Waals surface area contributed by atoms with E-state index in [1.165, 1.54) is 0 Å². The molecule has 1 amide bonds. The van der Waals surface area contributed by atoms with Crippen molar-refractivity contribution in [3.63, 3.8) is 0 Å².